The van der Waals surface area contributed by atoms with Crippen LogP contribution in [0.25, 0.3) is 33.7 Å². The van der Waals surface area contributed by atoms with Crippen molar-refractivity contribution in [2.24, 2.45) is 0 Å². The number of aliphatic hydroxyl groups excluding tert-OH is 2. The Kier molecular flexibility index (Phi) is 13.0. The molecular formula is C38H48F4N10O6. The van der Waals surface area contributed by atoms with Gasteiger partial charge in [-0.05, 0) is 52.2 Å². The highest BCUT2D eigenvalue weighted by Crippen LogP contribution is 2.33. The highest BCUT2D eigenvalue weighted by atomic mass is 19.1. The van der Waals surface area contributed by atoms with Crippen molar-refractivity contribution in [3.05, 3.63) is 48.0 Å². The quantitative estimate of drug-likeness (QED) is 0.0913. The van der Waals surface area contributed by atoms with E-state index >= 15 is 8.78 Å². The molecule has 2 aliphatic heterocycles. The molecule has 16 nitrogen and oxygen atoms in total. The zero-order valence-electron chi connectivity index (χ0n) is 32.5. The lowest BCUT2D eigenvalue weighted by molar-refractivity contribution is -0.139. The van der Waals surface area contributed by atoms with E-state index in [0.29, 0.717) is 11.0 Å². The normalized spacial score (nSPS) is 21.7. The van der Waals surface area contributed by atoms with E-state index in [4.69, 9.17) is 9.97 Å². The summed E-state index contributed by atoms with van der Waals surface area (Å²) in [6.45, 7) is 0.763. The molecule has 0 saturated carbocycles. The predicted molar refractivity (Wildman–Crippen MR) is 203 cm³/mol. The van der Waals surface area contributed by atoms with E-state index in [1.54, 1.807) is 37.1 Å². The Balaban J connectivity index is 1.40. The number of imidazole rings is 2. The smallest absolute Gasteiger partial charge is 0.247 e. The lowest BCUT2D eigenvalue weighted by atomic mass is 10.1. The lowest BCUT2D eigenvalue weighted by Crippen LogP contribution is -2.55. The number of likely N-dealkylation sites (N-methyl/N-ethyl adjacent to an activating group) is 2. The maximum atomic E-state index is 15.2. The maximum Gasteiger partial charge on any atom is 0.247 e. The van der Waals surface area contributed by atoms with Gasteiger partial charge in [0.15, 0.2) is 11.6 Å². The minimum atomic E-state index is -1.46. The third kappa shape index (κ3) is 8.64. The largest absolute Gasteiger partial charge is 0.394 e. The van der Waals surface area contributed by atoms with E-state index in [-0.39, 0.29) is 61.7 Å². The molecule has 4 amide bonds. The van der Waals surface area contributed by atoms with Crippen molar-refractivity contribution in [1.29, 1.82) is 0 Å². The number of nitrogens with zero attached hydrogens (tertiary/aromatic N) is 6. The second kappa shape index (κ2) is 17.8. The average molecular weight is 817 g/mol. The van der Waals surface area contributed by atoms with Crippen molar-refractivity contribution in [2.75, 3.05) is 40.4 Å². The van der Waals surface area contributed by atoms with Gasteiger partial charge in [-0.15, -0.1) is 0 Å². The fourth-order valence-corrected chi connectivity index (χ4v) is 7.57. The maximum absolute atomic E-state index is 15.2. The Morgan fingerprint density at radius 2 is 1.09 bits per heavy atom. The molecule has 4 heterocycles. The first-order chi connectivity index (χ1) is 27.7. The van der Waals surface area contributed by atoms with Crippen LogP contribution in [-0.2, 0) is 32.3 Å². The summed E-state index contributed by atoms with van der Waals surface area (Å²) >= 11 is 0. The summed E-state index contributed by atoms with van der Waals surface area (Å²) in [5.41, 5.74) is 1.11. The lowest BCUT2D eigenvalue weighted by Gasteiger charge is -2.30. The number of nitrogens with one attached hydrogen (secondary N) is 4. The molecule has 0 aliphatic carbocycles. The van der Waals surface area contributed by atoms with Crippen LogP contribution in [0.15, 0.2) is 36.4 Å². The van der Waals surface area contributed by atoms with Gasteiger partial charge in [-0.3, -0.25) is 19.2 Å². The predicted octanol–water partition coefficient (Wildman–Crippen LogP) is 0.379. The Labute approximate surface area is 330 Å². The van der Waals surface area contributed by atoms with Gasteiger partial charge in [0, 0.05) is 38.1 Å². The summed E-state index contributed by atoms with van der Waals surface area (Å²) in [4.78, 5) is 64.7. The molecule has 2 aromatic carbocycles. The minimum absolute atomic E-state index is 0.107. The van der Waals surface area contributed by atoms with Gasteiger partial charge in [-0.25, -0.2) is 27.5 Å². The molecule has 8 atom stereocenters. The van der Waals surface area contributed by atoms with E-state index < -0.39 is 97.1 Å². The van der Waals surface area contributed by atoms with Crippen LogP contribution in [0, 0.1) is 11.6 Å². The number of carbonyl (C=O) groups excluding carboxylic acids is 4. The third-order valence-electron chi connectivity index (χ3n) is 10.9. The highest BCUT2D eigenvalue weighted by molar-refractivity contribution is 5.91. The number of amides is 4. The molecule has 6 rings (SSSR count). The van der Waals surface area contributed by atoms with Crippen molar-refractivity contribution in [3.63, 3.8) is 0 Å². The molecule has 2 saturated heterocycles. The molecule has 0 radical (unpaired) electrons. The van der Waals surface area contributed by atoms with Gasteiger partial charge in [0.05, 0.1) is 72.5 Å². The van der Waals surface area contributed by atoms with Gasteiger partial charge in [-0.2, -0.15) is 0 Å². The van der Waals surface area contributed by atoms with Crippen molar-refractivity contribution in [2.45, 2.75) is 88.4 Å². The molecule has 6 N–H and O–H groups in total. The van der Waals surface area contributed by atoms with Crippen LogP contribution >= 0.6 is 0 Å². The van der Waals surface area contributed by atoms with Crippen molar-refractivity contribution in [1.82, 2.24) is 50.2 Å². The number of benzene rings is 2. The van der Waals surface area contributed by atoms with Crippen LogP contribution in [0.4, 0.5) is 17.6 Å². The molecule has 20 heteroatoms. The molecule has 2 unspecified atom stereocenters. The SMILES string of the molecule is CN[C@H](C)C(=O)N[C@H](CO)C(=O)N1CC(F)C[C@H]1Cn1c(-c2nc3cc(F)ccc3n2C[C@@H]2CC(F)CN2C(=O)[C@@H](CO)NC(=O)[C@@H](C)NC)nc2cc(F)ccc21. The van der Waals surface area contributed by atoms with Crippen LogP contribution in [-0.4, -0.2) is 152 Å². The molecule has 4 aromatic rings. The van der Waals surface area contributed by atoms with Crippen LogP contribution < -0.4 is 21.3 Å². The van der Waals surface area contributed by atoms with E-state index in [1.165, 1.54) is 46.2 Å². The summed E-state index contributed by atoms with van der Waals surface area (Å²) < 4.78 is 63.1. The average Bonchev–Trinajstić information content (AvgIpc) is 3.96. The fraction of sp³-hybridized carbons (Fsp3) is 0.526. The van der Waals surface area contributed by atoms with Crippen LogP contribution in [0.5, 0.6) is 0 Å². The van der Waals surface area contributed by atoms with Crippen molar-refractivity contribution < 1.29 is 47.0 Å². The Morgan fingerprint density at radius 1 is 0.707 bits per heavy atom. The Morgan fingerprint density at radius 3 is 1.43 bits per heavy atom. The zero-order chi connectivity index (χ0) is 42.0. The first-order valence-electron chi connectivity index (χ1n) is 19.1. The number of aromatic nitrogens is 4. The Hall–Kier alpha value is -5.18. The number of carbonyl (C=O) groups is 4. The molecule has 314 valence electrons. The van der Waals surface area contributed by atoms with Gasteiger partial charge in [0.2, 0.25) is 23.6 Å². The molecule has 0 spiro atoms. The van der Waals surface area contributed by atoms with Crippen molar-refractivity contribution >= 4 is 45.7 Å². The number of rotatable bonds is 15. The van der Waals surface area contributed by atoms with E-state index in [1.807, 2.05) is 0 Å². The first-order valence-corrected chi connectivity index (χ1v) is 19.1. The number of likely N-dealkylation sites (tertiary alicyclic amines) is 2. The summed E-state index contributed by atoms with van der Waals surface area (Å²) in [5, 5.41) is 30.7. The second-order valence-electron chi connectivity index (χ2n) is 14.8. The van der Waals surface area contributed by atoms with Gasteiger partial charge >= 0.3 is 0 Å². The van der Waals surface area contributed by atoms with Gasteiger partial charge in [0.1, 0.15) is 36.1 Å². The molecule has 58 heavy (non-hydrogen) atoms. The zero-order valence-corrected chi connectivity index (χ0v) is 32.5. The van der Waals surface area contributed by atoms with Crippen molar-refractivity contribution in [3.8, 4) is 11.6 Å². The van der Waals surface area contributed by atoms with Crippen LogP contribution in [0.2, 0.25) is 0 Å². The number of hydrogen-bond donors (Lipinski definition) is 6. The summed E-state index contributed by atoms with van der Waals surface area (Å²) in [6, 6.07) is 1.88. The number of fused-ring (bicyclic) bond motifs is 2. The van der Waals surface area contributed by atoms with Gasteiger partial charge in [-0.1, -0.05) is 0 Å². The summed E-state index contributed by atoms with van der Waals surface area (Å²) in [7, 11) is 3.10. The minimum Gasteiger partial charge on any atom is -0.394 e. The summed E-state index contributed by atoms with van der Waals surface area (Å²) in [5.74, 6) is -3.54. The van der Waals surface area contributed by atoms with Gasteiger partial charge in [0.25, 0.3) is 0 Å². The number of alkyl halides is 2. The standard InChI is InChI=1S/C38H48F4N10O6/c1-19(43-3)35(55)47-29(17-53)37(57)49-13-23(41)9-25(49)15-51-31-7-5-21(39)11-27(31)45-33(51)34-46-28-12-22(40)6-8-32(28)52(34)16-26-10-24(42)14-50(26)38(58)30(18-54)48-36(56)20(2)44-4/h5-8,11-12,19-20,23-26,29-30,43-44,53-54H,9-10,13-18H2,1-4H3,(H,47,55)(H,48,56)/t19-,20-,23?,24?,25+,26+,29-,30-/m1/s1. The van der Waals surface area contributed by atoms with E-state index in [0.717, 1.165) is 0 Å². The van der Waals surface area contributed by atoms with Crippen LogP contribution in [0.1, 0.15) is 26.7 Å². The highest BCUT2D eigenvalue weighted by Gasteiger charge is 2.42. The molecular weight excluding hydrogens is 768 g/mol. The van der Waals surface area contributed by atoms with Gasteiger partial charge < -0.3 is 50.4 Å². The summed E-state index contributed by atoms with van der Waals surface area (Å²) in [6.07, 6.45) is -3.17. The monoisotopic (exact) mass is 816 g/mol. The first kappa shape index (κ1) is 42.4. The van der Waals surface area contributed by atoms with Crippen LogP contribution in [0.3, 0.4) is 0 Å². The molecule has 2 fully saturated rings. The molecule has 0 bridgehead atoms. The number of halogens is 4. The third-order valence-corrected chi connectivity index (χ3v) is 10.9. The molecule has 2 aliphatic rings. The number of aliphatic hydroxyl groups is 2. The van der Waals surface area contributed by atoms with E-state index in [2.05, 4.69) is 21.3 Å². The number of hydrogen-bond acceptors (Lipinski definition) is 10. The topological polar surface area (TPSA) is 199 Å². The second-order valence-corrected chi connectivity index (χ2v) is 14.8. The Bertz CT molecular complexity index is 2020. The van der Waals surface area contributed by atoms with E-state index in [9.17, 15) is 38.2 Å². The molecule has 2 aromatic heterocycles. The fourth-order valence-electron chi connectivity index (χ4n) is 7.57.